The summed E-state index contributed by atoms with van der Waals surface area (Å²) in [5.41, 5.74) is 0.679. The Bertz CT molecular complexity index is 358. The van der Waals surface area contributed by atoms with E-state index in [-0.39, 0.29) is 18.0 Å². The minimum atomic E-state index is -0.263. The maximum atomic E-state index is 11.9. The second-order valence-corrected chi connectivity index (χ2v) is 4.32. The van der Waals surface area contributed by atoms with Crippen LogP contribution in [0.3, 0.4) is 0 Å². The second kappa shape index (κ2) is 4.33. The molecule has 0 N–H and O–H groups in total. The molecule has 0 amide bonds. The third-order valence-electron chi connectivity index (χ3n) is 2.65. The van der Waals surface area contributed by atoms with Gasteiger partial charge in [-0.1, -0.05) is 11.6 Å². The molecule has 0 bridgehead atoms. The van der Waals surface area contributed by atoms with Crippen LogP contribution in [0.15, 0.2) is 24.3 Å². The second-order valence-electron chi connectivity index (χ2n) is 3.88. The molecule has 2 unspecified atom stereocenters. The van der Waals surface area contributed by atoms with Crippen LogP contribution in [0.5, 0.6) is 0 Å². The van der Waals surface area contributed by atoms with Crippen molar-refractivity contribution in [2.75, 3.05) is 0 Å². The highest BCUT2D eigenvalue weighted by molar-refractivity contribution is 6.30. The predicted octanol–water partition coefficient (Wildman–Crippen LogP) is 3.09. The van der Waals surface area contributed by atoms with Crippen molar-refractivity contribution in [2.45, 2.75) is 32.0 Å². The zero-order valence-electron chi connectivity index (χ0n) is 8.57. The lowest BCUT2D eigenvalue weighted by atomic mass is 10.0. The third-order valence-corrected chi connectivity index (χ3v) is 2.91. The Morgan fingerprint density at radius 3 is 2.53 bits per heavy atom. The van der Waals surface area contributed by atoms with Crippen LogP contribution in [-0.2, 0) is 4.74 Å². The fourth-order valence-electron chi connectivity index (χ4n) is 1.80. The van der Waals surface area contributed by atoms with E-state index in [0.29, 0.717) is 10.6 Å². The van der Waals surface area contributed by atoms with E-state index >= 15 is 0 Å². The smallest absolute Gasteiger partial charge is 0.191 e. The average molecular weight is 225 g/mol. The normalized spacial score (nSPS) is 25.5. The summed E-state index contributed by atoms with van der Waals surface area (Å²) >= 11 is 5.76. The number of halogens is 1. The van der Waals surface area contributed by atoms with E-state index in [0.717, 1.165) is 12.8 Å². The molecule has 2 rings (SSSR count). The largest absolute Gasteiger partial charge is 0.367 e. The molecule has 0 spiro atoms. The van der Waals surface area contributed by atoms with Gasteiger partial charge in [0, 0.05) is 10.6 Å². The van der Waals surface area contributed by atoms with Gasteiger partial charge in [-0.15, -0.1) is 0 Å². The Balaban J connectivity index is 2.11. The van der Waals surface area contributed by atoms with Crippen LogP contribution in [-0.4, -0.2) is 18.0 Å². The molecule has 0 aromatic heterocycles. The van der Waals surface area contributed by atoms with E-state index in [4.69, 9.17) is 16.3 Å². The van der Waals surface area contributed by atoms with Crippen LogP contribution in [0.25, 0.3) is 0 Å². The molecule has 2 atom stereocenters. The van der Waals surface area contributed by atoms with E-state index in [9.17, 15) is 4.79 Å². The van der Waals surface area contributed by atoms with Crippen molar-refractivity contribution in [1.29, 1.82) is 0 Å². The molecular formula is C12H13ClO2. The van der Waals surface area contributed by atoms with Gasteiger partial charge in [-0.25, -0.2) is 0 Å². The monoisotopic (exact) mass is 224 g/mol. The van der Waals surface area contributed by atoms with E-state index < -0.39 is 0 Å². The fourth-order valence-corrected chi connectivity index (χ4v) is 1.92. The minimum absolute atomic E-state index is 0.0658. The summed E-state index contributed by atoms with van der Waals surface area (Å²) in [5, 5.41) is 0.646. The number of carbonyl (C=O) groups excluding carboxylic acids is 1. The number of hydrogen-bond donors (Lipinski definition) is 0. The number of carbonyl (C=O) groups is 1. The summed E-state index contributed by atoms with van der Waals surface area (Å²) in [6.45, 7) is 2.00. The topological polar surface area (TPSA) is 26.3 Å². The highest BCUT2D eigenvalue weighted by Crippen LogP contribution is 2.23. The lowest BCUT2D eigenvalue weighted by Gasteiger charge is -2.09. The van der Waals surface area contributed by atoms with Gasteiger partial charge in [0.25, 0.3) is 0 Å². The fraction of sp³-hybridized carbons (Fsp3) is 0.417. The minimum Gasteiger partial charge on any atom is -0.367 e. The summed E-state index contributed by atoms with van der Waals surface area (Å²) in [4.78, 5) is 11.9. The molecule has 1 heterocycles. The van der Waals surface area contributed by atoms with Crippen molar-refractivity contribution in [3.05, 3.63) is 34.9 Å². The third kappa shape index (κ3) is 2.39. The number of rotatable bonds is 2. The SMILES string of the molecule is CC1CCC(C(=O)c2ccc(Cl)cc2)O1. The number of Topliss-reactive ketones (excluding diaryl/α,β-unsaturated/α-hetero) is 1. The van der Waals surface area contributed by atoms with Crippen LogP contribution in [0.2, 0.25) is 5.02 Å². The maximum Gasteiger partial charge on any atom is 0.191 e. The highest BCUT2D eigenvalue weighted by Gasteiger charge is 2.28. The Hall–Kier alpha value is -0.860. The molecule has 1 saturated heterocycles. The molecule has 1 fully saturated rings. The molecule has 1 aliphatic rings. The Morgan fingerprint density at radius 2 is 2.00 bits per heavy atom. The molecule has 1 aromatic rings. The zero-order valence-corrected chi connectivity index (χ0v) is 9.33. The van der Waals surface area contributed by atoms with Gasteiger partial charge in [-0.05, 0) is 44.0 Å². The summed E-state index contributed by atoms with van der Waals surface area (Å²) in [5.74, 6) is 0.0658. The van der Waals surface area contributed by atoms with Crippen molar-refractivity contribution in [3.8, 4) is 0 Å². The van der Waals surface area contributed by atoms with Crippen LogP contribution in [0.1, 0.15) is 30.1 Å². The van der Waals surface area contributed by atoms with Crippen molar-refractivity contribution in [2.24, 2.45) is 0 Å². The summed E-state index contributed by atoms with van der Waals surface area (Å²) in [6, 6.07) is 6.95. The van der Waals surface area contributed by atoms with Gasteiger partial charge in [0.2, 0.25) is 0 Å². The van der Waals surface area contributed by atoms with E-state index in [1.54, 1.807) is 24.3 Å². The molecule has 80 valence electrons. The Labute approximate surface area is 94.2 Å². The van der Waals surface area contributed by atoms with E-state index in [1.165, 1.54) is 0 Å². The van der Waals surface area contributed by atoms with Gasteiger partial charge >= 0.3 is 0 Å². The summed E-state index contributed by atoms with van der Waals surface area (Å²) < 4.78 is 5.53. The Morgan fingerprint density at radius 1 is 1.33 bits per heavy atom. The van der Waals surface area contributed by atoms with Gasteiger partial charge in [0.15, 0.2) is 5.78 Å². The number of ketones is 1. The van der Waals surface area contributed by atoms with Gasteiger partial charge < -0.3 is 4.74 Å². The molecular weight excluding hydrogens is 212 g/mol. The van der Waals surface area contributed by atoms with Crippen LogP contribution >= 0.6 is 11.6 Å². The van der Waals surface area contributed by atoms with E-state index in [2.05, 4.69) is 0 Å². The number of benzene rings is 1. The average Bonchev–Trinajstić information content (AvgIpc) is 2.65. The molecule has 0 radical (unpaired) electrons. The van der Waals surface area contributed by atoms with E-state index in [1.807, 2.05) is 6.92 Å². The predicted molar refractivity (Wildman–Crippen MR) is 59.4 cm³/mol. The van der Waals surface area contributed by atoms with Crippen molar-refractivity contribution in [1.82, 2.24) is 0 Å². The van der Waals surface area contributed by atoms with Crippen LogP contribution in [0, 0.1) is 0 Å². The first kappa shape index (κ1) is 10.7. The van der Waals surface area contributed by atoms with Crippen molar-refractivity contribution < 1.29 is 9.53 Å². The maximum absolute atomic E-state index is 11.9. The molecule has 0 aliphatic carbocycles. The van der Waals surface area contributed by atoms with Gasteiger partial charge in [-0.2, -0.15) is 0 Å². The summed E-state index contributed by atoms with van der Waals surface area (Å²) in [7, 11) is 0. The molecule has 2 nitrogen and oxygen atoms in total. The highest BCUT2D eigenvalue weighted by atomic mass is 35.5. The number of ether oxygens (including phenoxy) is 1. The molecule has 1 aromatic carbocycles. The summed E-state index contributed by atoms with van der Waals surface area (Å²) in [6.07, 6.45) is 1.72. The Kier molecular flexibility index (Phi) is 3.08. The standard InChI is InChI=1S/C12H13ClO2/c1-8-2-7-11(15-8)12(14)9-3-5-10(13)6-4-9/h3-6,8,11H,2,7H2,1H3. The van der Waals surface area contributed by atoms with Crippen molar-refractivity contribution in [3.63, 3.8) is 0 Å². The first-order valence-corrected chi connectivity index (χ1v) is 5.50. The molecule has 0 saturated carbocycles. The number of hydrogen-bond acceptors (Lipinski definition) is 2. The quantitative estimate of drug-likeness (QED) is 0.722. The first-order valence-electron chi connectivity index (χ1n) is 5.12. The van der Waals surface area contributed by atoms with Crippen molar-refractivity contribution >= 4 is 17.4 Å². The lowest BCUT2D eigenvalue weighted by molar-refractivity contribution is 0.0433. The van der Waals surface area contributed by atoms with Crippen LogP contribution in [0.4, 0.5) is 0 Å². The van der Waals surface area contributed by atoms with Gasteiger partial charge in [-0.3, -0.25) is 4.79 Å². The molecule has 15 heavy (non-hydrogen) atoms. The lowest BCUT2D eigenvalue weighted by Crippen LogP contribution is -2.20. The first-order chi connectivity index (χ1) is 7.16. The van der Waals surface area contributed by atoms with Gasteiger partial charge in [0.1, 0.15) is 6.10 Å². The molecule has 3 heteroatoms. The van der Waals surface area contributed by atoms with Gasteiger partial charge in [0.05, 0.1) is 6.10 Å². The van der Waals surface area contributed by atoms with Crippen LogP contribution < -0.4 is 0 Å². The zero-order chi connectivity index (χ0) is 10.8. The molecule has 1 aliphatic heterocycles.